The van der Waals surface area contributed by atoms with Crippen LogP contribution in [-0.2, 0) is 13.1 Å². The molecule has 0 bridgehead atoms. The van der Waals surface area contributed by atoms with Gasteiger partial charge < -0.3 is 10.0 Å². The smallest absolute Gasteiger partial charge is 0.273 e. The Morgan fingerprint density at radius 2 is 2.29 bits per heavy atom. The fraction of sp³-hybridized carbons (Fsp3) is 0.400. The fourth-order valence-corrected chi connectivity index (χ4v) is 2.66. The molecular formula is C15H18N4O2. The molecule has 2 aromatic heterocycles. The molecule has 1 N–H and O–H groups in total. The lowest BCUT2D eigenvalue weighted by molar-refractivity contribution is 0.0562. The van der Waals surface area contributed by atoms with Crippen molar-refractivity contribution in [3.05, 3.63) is 47.5 Å². The first-order chi connectivity index (χ1) is 10.2. The molecule has 0 saturated heterocycles. The third-order valence-corrected chi connectivity index (χ3v) is 3.83. The molecule has 1 atom stereocenters. The van der Waals surface area contributed by atoms with Gasteiger partial charge in [-0.15, -0.1) is 0 Å². The van der Waals surface area contributed by atoms with E-state index in [0.717, 1.165) is 11.4 Å². The van der Waals surface area contributed by atoms with E-state index in [1.807, 2.05) is 29.8 Å². The van der Waals surface area contributed by atoms with Gasteiger partial charge in [-0.3, -0.25) is 9.48 Å². The molecule has 3 heterocycles. The highest BCUT2D eigenvalue weighted by atomic mass is 16.3. The summed E-state index contributed by atoms with van der Waals surface area (Å²) in [5.41, 5.74) is 2.20. The Kier molecular flexibility index (Phi) is 3.70. The van der Waals surface area contributed by atoms with E-state index in [0.29, 0.717) is 25.2 Å². The summed E-state index contributed by atoms with van der Waals surface area (Å²) in [6, 6.07) is 7.10. The molecule has 3 rings (SSSR count). The maximum absolute atomic E-state index is 12.7. The van der Waals surface area contributed by atoms with Crippen LogP contribution < -0.4 is 0 Å². The van der Waals surface area contributed by atoms with Gasteiger partial charge in [-0.2, -0.15) is 5.10 Å². The van der Waals surface area contributed by atoms with Crippen LogP contribution in [0.4, 0.5) is 0 Å². The highest BCUT2D eigenvalue weighted by Crippen LogP contribution is 2.19. The predicted octanol–water partition coefficient (Wildman–Crippen LogP) is 0.994. The van der Waals surface area contributed by atoms with Crippen molar-refractivity contribution in [2.45, 2.75) is 32.5 Å². The lowest BCUT2D eigenvalue weighted by Crippen LogP contribution is -2.41. The van der Waals surface area contributed by atoms with Gasteiger partial charge in [0.25, 0.3) is 5.91 Å². The van der Waals surface area contributed by atoms with Crippen LogP contribution in [0, 0.1) is 6.92 Å². The molecule has 1 amide bonds. The second kappa shape index (κ2) is 5.65. The molecule has 0 saturated carbocycles. The molecule has 1 aliphatic heterocycles. The highest BCUT2D eigenvalue weighted by Gasteiger charge is 2.28. The number of nitrogens with zero attached hydrogens (tertiary/aromatic N) is 4. The highest BCUT2D eigenvalue weighted by molar-refractivity contribution is 5.92. The Bertz CT molecular complexity index is 653. The van der Waals surface area contributed by atoms with Crippen molar-refractivity contribution in [2.24, 2.45) is 0 Å². The van der Waals surface area contributed by atoms with E-state index in [9.17, 15) is 9.90 Å². The zero-order chi connectivity index (χ0) is 14.8. The van der Waals surface area contributed by atoms with Gasteiger partial charge in [0.1, 0.15) is 5.69 Å². The second-order valence-corrected chi connectivity index (χ2v) is 5.27. The summed E-state index contributed by atoms with van der Waals surface area (Å²) in [6.45, 7) is 2.96. The Morgan fingerprint density at radius 3 is 3.05 bits per heavy atom. The van der Waals surface area contributed by atoms with Crippen LogP contribution in [0.1, 0.15) is 28.3 Å². The van der Waals surface area contributed by atoms with Crippen LogP contribution in [0.25, 0.3) is 0 Å². The lowest BCUT2D eigenvalue weighted by Gasteiger charge is -2.28. The van der Waals surface area contributed by atoms with E-state index in [-0.39, 0.29) is 18.6 Å². The summed E-state index contributed by atoms with van der Waals surface area (Å²) in [7, 11) is 0. The number of rotatable bonds is 2. The van der Waals surface area contributed by atoms with Gasteiger partial charge in [-0.25, -0.2) is 4.98 Å². The number of hydrogen-bond donors (Lipinski definition) is 1. The molecule has 0 aromatic carbocycles. The Balaban J connectivity index is 1.92. The van der Waals surface area contributed by atoms with E-state index in [1.54, 1.807) is 17.2 Å². The summed E-state index contributed by atoms with van der Waals surface area (Å²) < 4.78 is 1.89. The van der Waals surface area contributed by atoms with Gasteiger partial charge in [0, 0.05) is 18.4 Å². The number of carbonyl (C=O) groups is 1. The second-order valence-electron chi connectivity index (χ2n) is 5.27. The number of aliphatic hydroxyl groups excluding tert-OH is 1. The monoisotopic (exact) mass is 286 g/mol. The number of carbonyl (C=O) groups excluding carboxylic acids is 1. The summed E-state index contributed by atoms with van der Waals surface area (Å²) in [6.07, 6.45) is 2.42. The molecular weight excluding hydrogens is 268 g/mol. The molecule has 6 nitrogen and oxygen atoms in total. The topological polar surface area (TPSA) is 71.2 Å². The van der Waals surface area contributed by atoms with Gasteiger partial charge in [0.05, 0.1) is 24.9 Å². The minimum Gasteiger partial charge on any atom is -0.394 e. The van der Waals surface area contributed by atoms with Gasteiger partial charge >= 0.3 is 0 Å². The number of aryl methyl sites for hydroxylation is 2. The average Bonchev–Trinajstić information content (AvgIpc) is 2.86. The van der Waals surface area contributed by atoms with Crippen molar-refractivity contribution < 1.29 is 9.90 Å². The quantitative estimate of drug-likeness (QED) is 0.894. The summed E-state index contributed by atoms with van der Waals surface area (Å²) in [4.78, 5) is 18.7. The molecule has 110 valence electrons. The van der Waals surface area contributed by atoms with Crippen molar-refractivity contribution in [1.82, 2.24) is 19.7 Å². The number of pyridine rings is 1. The van der Waals surface area contributed by atoms with Crippen LogP contribution in [0.2, 0.25) is 0 Å². The van der Waals surface area contributed by atoms with E-state index < -0.39 is 0 Å². The van der Waals surface area contributed by atoms with Crippen molar-refractivity contribution in [1.29, 1.82) is 0 Å². The number of fused-ring (bicyclic) bond motifs is 1. The number of aliphatic hydroxyl groups is 1. The molecule has 0 aliphatic carbocycles. The standard InChI is InChI=1S/C15H18N4O2/c1-11-3-2-4-14(17-11)15(21)18-9-12-5-7-16-19(12)8-6-13(18)10-20/h2-5,7,13,20H,6,8-10H2,1H3. The number of amides is 1. The SMILES string of the molecule is Cc1cccc(C(=O)N2Cc3ccnn3CCC2CO)n1. The zero-order valence-corrected chi connectivity index (χ0v) is 11.9. The molecule has 21 heavy (non-hydrogen) atoms. The van der Waals surface area contributed by atoms with Crippen molar-refractivity contribution >= 4 is 5.91 Å². The minimum atomic E-state index is -0.207. The van der Waals surface area contributed by atoms with Crippen LogP contribution in [-0.4, -0.2) is 43.3 Å². The maximum atomic E-state index is 12.7. The maximum Gasteiger partial charge on any atom is 0.273 e. The Morgan fingerprint density at radius 1 is 1.43 bits per heavy atom. The summed E-state index contributed by atoms with van der Waals surface area (Å²) >= 11 is 0. The van der Waals surface area contributed by atoms with Crippen LogP contribution in [0.5, 0.6) is 0 Å². The minimum absolute atomic E-state index is 0.0532. The summed E-state index contributed by atoms with van der Waals surface area (Å²) in [5, 5.41) is 13.9. The predicted molar refractivity (Wildman–Crippen MR) is 76.6 cm³/mol. The first-order valence-electron chi connectivity index (χ1n) is 7.05. The first-order valence-corrected chi connectivity index (χ1v) is 7.05. The third-order valence-electron chi connectivity index (χ3n) is 3.83. The Hall–Kier alpha value is -2.21. The van der Waals surface area contributed by atoms with Gasteiger partial charge in [-0.1, -0.05) is 6.07 Å². The molecule has 2 aromatic rings. The molecule has 1 unspecified atom stereocenters. The Labute approximate surface area is 123 Å². The van der Waals surface area contributed by atoms with E-state index in [4.69, 9.17) is 0 Å². The summed E-state index contributed by atoms with van der Waals surface area (Å²) in [5.74, 6) is -0.146. The molecule has 1 aliphatic rings. The third kappa shape index (κ3) is 2.67. The van der Waals surface area contributed by atoms with Crippen LogP contribution >= 0.6 is 0 Å². The molecule has 0 spiro atoms. The van der Waals surface area contributed by atoms with E-state index in [1.165, 1.54) is 0 Å². The van der Waals surface area contributed by atoms with Crippen molar-refractivity contribution in [3.8, 4) is 0 Å². The van der Waals surface area contributed by atoms with E-state index >= 15 is 0 Å². The zero-order valence-electron chi connectivity index (χ0n) is 11.9. The molecule has 0 radical (unpaired) electrons. The fourth-order valence-electron chi connectivity index (χ4n) is 2.66. The van der Waals surface area contributed by atoms with Crippen LogP contribution in [0.15, 0.2) is 30.5 Å². The van der Waals surface area contributed by atoms with Crippen LogP contribution in [0.3, 0.4) is 0 Å². The molecule has 6 heteroatoms. The van der Waals surface area contributed by atoms with Gasteiger partial charge in [0.15, 0.2) is 0 Å². The van der Waals surface area contributed by atoms with Gasteiger partial charge in [-0.05, 0) is 31.5 Å². The van der Waals surface area contributed by atoms with Gasteiger partial charge in [0.2, 0.25) is 0 Å². The van der Waals surface area contributed by atoms with Crippen molar-refractivity contribution in [2.75, 3.05) is 6.61 Å². The number of hydrogen-bond acceptors (Lipinski definition) is 4. The van der Waals surface area contributed by atoms with Crippen molar-refractivity contribution in [3.63, 3.8) is 0 Å². The average molecular weight is 286 g/mol. The first kappa shape index (κ1) is 13.8. The normalized spacial score (nSPS) is 18.2. The molecule has 0 fully saturated rings. The number of aromatic nitrogens is 3. The largest absolute Gasteiger partial charge is 0.394 e. The van der Waals surface area contributed by atoms with E-state index in [2.05, 4.69) is 10.1 Å². The lowest BCUT2D eigenvalue weighted by atomic mass is 10.1.